The second kappa shape index (κ2) is 34.8. The fourth-order valence-corrected chi connectivity index (χ4v) is 5.72. The molecular weight excluding hydrogens is 409 g/mol. The molecule has 6 heteroatoms. The Bertz CT molecular complexity index is 274. The SMILES string of the molecule is C=CCSCC=C.C=CCSSCC=C.C=CCSSSCC=C. The van der Waals surface area contributed by atoms with Crippen molar-refractivity contribution in [1.29, 1.82) is 0 Å². The van der Waals surface area contributed by atoms with Crippen LogP contribution in [-0.2, 0) is 0 Å². The standard InChI is InChI=1S/C6H10S3.C6H10S2.C6H10S/c1-3-5-7-9-8-6-4-2;1-3-5-7-8-6-4-2;1-3-5-7-6-4-2/h3-4H,1-2,5-6H2;3-4H,1-2,5-6H2;3-4H,1-2,5-6H2. The number of rotatable bonds is 15. The summed E-state index contributed by atoms with van der Waals surface area (Å²) in [6.07, 6.45) is 11.4. The van der Waals surface area contributed by atoms with Gasteiger partial charge in [-0.05, 0) is 9.83 Å². The zero-order valence-corrected chi connectivity index (χ0v) is 19.3. The van der Waals surface area contributed by atoms with E-state index in [1.165, 1.54) is 0 Å². The van der Waals surface area contributed by atoms with Crippen LogP contribution >= 0.6 is 64.8 Å². The maximum atomic E-state index is 3.61. The van der Waals surface area contributed by atoms with Gasteiger partial charge in [-0.15, -0.1) is 39.5 Å². The smallest absolute Gasteiger partial charge is 0.0223 e. The molecule has 0 amide bonds. The van der Waals surface area contributed by atoms with Gasteiger partial charge in [0.1, 0.15) is 0 Å². The van der Waals surface area contributed by atoms with Crippen LogP contribution < -0.4 is 0 Å². The van der Waals surface area contributed by atoms with E-state index in [1.54, 1.807) is 53.0 Å². The summed E-state index contributed by atoms with van der Waals surface area (Å²) in [6, 6.07) is 0. The Hall–Kier alpha value is 0.540. The molecule has 0 nitrogen and oxygen atoms in total. The van der Waals surface area contributed by atoms with Crippen LogP contribution in [-0.4, -0.2) is 34.5 Å². The molecule has 0 atom stereocenters. The van der Waals surface area contributed by atoms with Crippen molar-refractivity contribution in [2.24, 2.45) is 0 Å². The fraction of sp³-hybridized carbons (Fsp3) is 0.333. The third-order valence-electron chi connectivity index (χ3n) is 1.39. The van der Waals surface area contributed by atoms with Crippen molar-refractivity contribution in [2.45, 2.75) is 0 Å². The van der Waals surface area contributed by atoms with Crippen LogP contribution in [0.2, 0.25) is 0 Å². The van der Waals surface area contributed by atoms with Gasteiger partial charge in [0, 0.05) is 34.5 Å². The molecule has 0 aliphatic heterocycles. The van der Waals surface area contributed by atoms with E-state index in [0.717, 1.165) is 34.5 Å². The molecule has 0 aliphatic rings. The van der Waals surface area contributed by atoms with Gasteiger partial charge in [-0.3, -0.25) is 0 Å². The van der Waals surface area contributed by atoms with Gasteiger partial charge in [0.2, 0.25) is 0 Å². The molecule has 0 rings (SSSR count). The van der Waals surface area contributed by atoms with Gasteiger partial charge in [0.25, 0.3) is 0 Å². The maximum Gasteiger partial charge on any atom is 0.0223 e. The second-order valence-corrected chi connectivity index (χ2v) is 11.4. The van der Waals surface area contributed by atoms with Crippen LogP contribution in [0, 0.1) is 0 Å². The van der Waals surface area contributed by atoms with Crippen LogP contribution in [0.4, 0.5) is 0 Å². The number of hydrogen-bond acceptors (Lipinski definition) is 6. The van der Waals surface area contributed by atoms with Gasteiger partial charge < -0.3 is 0 Å². The van der Waals surface area contributed by atoms with Crippen LogP contribution in [0.25, 0.3) is 0 Å². The van der Waals surface area contributed by atoms with Gasteiger partial charge in [-0.2, -0.15) is 11.8 Å². The van der Waals surface area contributed by atoms with Gasteiger partial charge in [-0.25, -0.2) is 0 Å². The predicted octanol–water partition coefficient (Wildman–Crippen LogP) is 8.22. The molecule has 0 heterocycles. The van der Waals surface area contributed by atoms with Crippen molar-refractivity contribution < 1.29 is 0 Å². The van der Waals surface area contributed by atoms with Crippen molar-refractivity contribution in [3.63, 3.8) is 0 Å². The first-order valence-electron chi connectivity index (χ1n) is 7.13. The third-order valence-corrected chi connectivity index (χ3v) is 8.63. The van der Waals surface area contributed by atoms with Crippen LogP contribution in [0.5, 0.6) is 0 Å². The Kier molecular flexibility index (Phi) is 42.5. The van der Waals surface area contributed by atoms with Crippen LogP contribution in [0.15, 0.2) is 75.9 Å². The molecule has 0 radical (unpaired) electrons. The Labute approximate surface area is 174 Å². The lowest BCUT2D eigenvalue weighted by atomic mass is 10.8. The molecule has 0 N–H and O–H groups in total. The predicted molar refractivity (Wildman–Crippen MR) is 136 cm³/mol. The Balaban J connectivity index is -0.000000278. The lowest BCUT2D eigenvalue weighted by Crippen LogP contribution is -1.69. The highest BCUT2D eigenvalue weighted by Crippen LogP contribution is 2.33. The first-order valence-corrected chi connectivity index (χ1v) is 14.6. The minimum atomic E-state index is 1.02. The van der Waals surface area contributed by atoms with Crippen molar-refractivity contribution in [2.75, 3.05) is 34.5 Å². The van der Waals surface area contributed by atoms with Gasteiger partial charge in [-0.1, -0.05) is 79.6 Å². The summed E-state index contributed by atoms with van der Waals surface area (Å²) in [4.78, 5) is 0. The summed E-state index contributed by atoms with van der Waals surface area (Å²) < 4.78 is 0. The maximum absolute atomic E-state index is 3.61. The molecule has 0 aliphatic carbocycles. The molecule has 138 valence electrons. The fourth-order valence-electron chi connectivity index (χ4n) is 0.613. The molecule has 0 fully saturated rings. The van der Waals surface area contributed by atoms with E-state index in [4.69, 9.17) is 0 Å². The van der Waals surface area contributed by atoms with Crippen LogP contribution in [0.3, 0.4) is 0 Å². The monoisotopic (exact) mass is 438 g/mol. The average Bonchev–Trinajstić information content (AvgIpc) is 2.60. The van der Waals surface area contributed by atoms with E-state index < -0.39 is 0 Å². The average molecular weight is 439 g/mol. The lowest BCUT2D eigenvalue weighted by Gasteiger charge is -1.91. The summed E-state index contributed by atoms with van der Waals surface area (Å²) in [5.41, 5.74) is 0. The largest absolute Gasteiger partial charge is 0.154 e. The van der Waals surface area contributed by atoms with E-state index in [2.05, 4.69) is 39.5 Å². The van der Waals surface area contributed by atoms with E-state index in [9.17, 15) is 0 Å². The van der Waals surface area contributed by atoms with Crippen molar-refractivity contribution in [3.8, 4) is 0 Å². The van der Waals surface area contributed by atoms with Crippen molar-refractivity contribution in [3.05, 3.63) is 75.9 Å². The van der Waals surface area contributed by atoms with E-state index in [-0.39, 0.29) is 0 Å². The summed E-state index contributed by atoms with van der Waals surface area (Å²) >= 11 is 1.82. The van der Waals surface area contributed by atoms with Crippen molar-refractivity contribution >= 4 is 64.8 Å². The first-order chi connectivity index (χ1) is 11.7. The summed E-state index contributed by atoms with van der Waals surface area (Å²) in [7, 11) is 9.02. The first kappa shape index (κ1) is 29.3. The lowest BCUT2D eigenvalue weighted by molar-refractivity contribution is 1.74. The zero-order valence-electron chi connectivity index (χ0n) is 14.4. The van der Waals surface area contributed by atoms with Gasteiger partial charge >= 0.3 is 0 Å². The molecule has 0 aromatic rings. The summed E-state index contributed by atoms with van der Waals surface area (Å²) in [5.74, 6) is 6.17. The summed E-state index contributed by atoms with van der Waals surface area (Å²) in [5, 5.41) is 0. The van der Waals surface area contributed by atoms with Crippen LogP contribution in [0.1, 0.15) is 0 Å². The Morgan fingerprint density at radius 3 is 1.00 bits per heavy atom. The quantitative estimate of drug-likeness (QED) is 0.142. The number of hydrogen-bond donors (Lipinski definition) is 0. The second-order valence-electron chi connectivity index (χ2n) is 3.48. The molecular formula is C18H30S6. The molecule has 0 spiro atoms. The molecule has 0 saturated heterocycles. The number of thioether (sulfide) groups is 1. The van der Waals surface area contributed by atoms with E-state index in [0.29, 0.717) is 0 Å². The normalized spacial score (nSPS) is 8.50. The molecule has 0 saturated carbocycles. The van der Waals surface area contributed by atoms with E-state index in [1.807, 2.05) is 48.2 Å². The molecule has 0 unspecified atom stereocenters. The third kappa shape index (κ3) is 43.3. The molecule has 0 bridgehead atoms. The highest BCUT2D eigenvalue weighted by Gasteiger charge is 1.84. The van der Waals surface area contributed by atoms with E-state index >= 15 is 0 Å². The Morgan fingerprint density at radius 1 is 0.417 bits per heavy atom. The Morgan fingerprint density at radius 2 is 0.708 bits per heavy atom. The zero-order chi connectivity index (χ0) is 18.7. The topological polar surface area (TPSA) is 0 Å². The summed E-state index contributed by atoms with van der Waals surface area (Å²) in [6.45, 7) is 21.6. The van der Waals surface area contributed by atoms with Gasteiger partial charge in [0.05, 0.1) is 0 Å². The molecule has 24 heavy (non-hydrogen) atoms. The molecule has 0 aromatic heterocycles. The highest BCUT2D eigenvalue weighted by molar-refractivity contribution is 9.09. The minimum Gasteiger partial charge on any atom is -0.154 e. The van der Waals surface area contributed by atoms with Gasteiger partial charge in [0.15, 0.2) is 0 Å². The minimum absolute atomic E-state index is 1.02. The molecule has 0 aromatic carbocycles. The highest BCUT2D eigenvalue weighted by atomic mass is 33.5. The van der Waals surface area contributed by atoms with Crippen molar-refractivity contribution in [1.82, 2.24) is 0 Å².